The summed E-state index contributed by atoms with van der Waals surface area (Å²) in [6.45, 7) is 0.802. The van der Waals surface area contributed by atoms with E-state index in [9.17, 15) is 10.2 Å². The first-order valence-electron chi connectivity index (χ1n) is 12.1. The van der Waals surface area contributed by atoms with Crippen LogP contribution in [-0.4, -0.2) is 83.8 Å². The quantitative estimate of drug-likeness (QED) is 0.194. The fraction of sp³-hybridized carbons (Fsp3) is 0.833. The molecule has 0 radical (unpaired) electrons. The third-order valence-electron chi connectivity index (χ3n) is 5.77. The van der Waals surface area contributed by atoms with E-state index >= 15 is 0 Å². The largest absolute Gasteiger partial charge is 0.394 e. The molecule has 2 aliphatic heterocycles. The third-order valence-corrected chi connectivity index (χ3v) is 5.77. The topological polar surface area (TPSA) is 118 Å². The Morgan fingerprint density at radius 2 is 0.875 bits per heavy atom. The Morgan fingerprint density at radius 3 is 1.22 bits per heavy atom. The summed E-state index contributed by atoms with van der Waals surface area (Å²) in [6, 6.07) is 0. The number of unbranched alkanes of at least 4 members (excludes halogenated alkanes) is 9. The Hall–Kier alpha value is -0.840. The maximum Gasteiger partial charge on any atom is 0.177 e. The lowest BCUT2D eigenvalue weighted by Gasteiger charge is -2.28. The molecule has 0 aliphatic carbocycles. The molecule has 0 bridgehead atoms. The van der Waals surface area contributed by atoms with Gasteiger partial charge in [-0.15, -0.1) is 0 Å². The summed E-state index contributed by atoms with van der Waals surface area (Å²) in [5, 5.41) is 37.4. The van der Waals surface area contributed by atoms with E-state index in [1.54, 1.807) is 24.3 Å². The minimum absolute atomic E-state index is 0.219. The van der Waals surface area contributed by atoms with Crippen molar-refractivity contribution in [3.63, 3.8) is 0 Å². The van der Waals surface area contributed by atoms with Crippen LogP contribution in [0.1, 0.15) is 64.2 Å². The summed E-state index contributed by atoms with van der Waals surface area (Å²) in [6.07, 6.45) is 14.6. The summed E-state index contributed by atoms with van der Waals surface area (Å²) >= 11 is 0. The maximum atomic E-state index is 9.59. The van der Waals surface area contributed by atoms with Crippen LogP contribution in [0.4, 0.5) is 0 Å². The SMILES string of the molecule is OC[C@H]1O[C@H](OCCCCCCCCCCCCO[C@@H]2C=C[C@@H](O)[C@@H](CO)O2)C=C[C@H]1O. The predicted octanol–water partition coefficient (Wildman–Crippen LogP) is 2.19. The molecule has 2 heterocycles. The Morgan fingerprint density at radius 1 is 0.531 bits per heavy atom. The second-order valence-electron chi connectivity index (χ2n) is 8.48. The van der Waals surface area contributed by atoms with E-state index < -0.39 is 37.0 Å². The smallest absolute Gasteiger partial charge is 0.177 e. The zero-order valence-electron chi connectivity index (χ0n) is 19.1. The number of ether oxygens (including phenoxy) is 4. The first-order valence-corrected chi connectivity index (χ1v) is 12.1. The molecule has 2 aliphatic rings. The molecule has 0 spiro atoms. The van der Waals surface area contributed by atoms with Crippen LogP contribution in [0.5, 0.6) is 0 Å². The summed E-state index contributed by atoms with van der Waals surface area (Å²) in [4.78, 5) is 0. The predicted molar refractivity (Wildman–Crippen MR) is 120 cm³/mol. The molecule has 2 rings (SSSR count). The molecule has 6 atom stereocenters. The van der Waals surface area contributed by atoms with Crippen molar-refractivity contribution in [1.29, 1.82) is 0 Å². The van der Waals surface area contributed by atoms with Crippen LogP contribution in [0.25, 0.3) is 0 Å². The van der Waals surface area contributed by atoms with Crippen LogP contribution in [0.3, 0.4) is 0 Å². The molecule has 8 nitrogen and oxygen atoms in total. The summed E-state index contributed by atoms with van der Waals surface area (Å²) in [5.41, 5.74) is 0. The number of hydrogen-bond acceptors (Lipinski definition) is 8. The fourth-order valence-corrected chi connectivity index (χ4v) is 3.76. The molecular formula is C24H42O8. The molecule has 0 aromatic heterocycles. The van der Waals surface area contributed by atoms with Gasteiger partial charge in [0.1, 0.15) is 24.4 Å². The highest BCUT2D eigenvalue weighted by Gasteiger charge is 2.26. The van der Waals surface area contributed by atoms with Gasteiger partial charge in [-0.2, -0.15) is 0 Å². The van der Waals surface area contributed by atoms with Crippen molar-refractivity contribution in [2.45, 2.75) is 101 Å². The van der Waals surface area contributed by atoms with E-state index in [4.69, 9.17) is 29.2 Å². The molecule has 0 saturated heterocycles. The minimum atomic E-state index is -0.766. The lowest BCUT2D eigenvalue weighted by Crippen LogP contribution is -2.38. The highest BCUT2D eigenvalue weighted by atomic mass is 16.7. The normalized spacial score (nSPS) is 30.1. The third kappa shape index (κ3) is 10.9. The minimum Gasteiger partial charge on any atom is -0.394 e. The van der Waals surface area contributed by atoms with Crippen LogP contribution in [0, 0.1) is 0 Å². The second-order valence-corrected chi connectivity index (χ2v) is 8.48. The molecule has 4 N–H and O–H groups in total. The van der Waals surface area contributed by atoms with Gasteiger partial charge in [0.15, 0.2) is 12.6 Å². The van der Waals surface area contributed by atoms with Crippen LogP contribution in [0.2, 0.25) is 0 Å². The van der Waals surface area contributed by atoms with Crippen LogP contribution >= 0.6 is 0 Å². The van der Waals surface area contributed by atoms with E-state index in [2.05, 4.69) is 0 Å². The number of rotatable bonds is 17. The van der Waals surface area contributed by atoms with Crippen molar-refractivity contribution in [2.75, 3.05) is 26.4 Å². The lowest BCUT2D eigenvalue weighted by molar-refractivity contribution is -0.180. The highest BCUT2D eigenvalue weighted by molar-refractivity contribution is 5.00. The van der Waals surface area contributed by atoms with Gasteiger partial charge in [-0.25, -0.2) is 0 Å². The van der Waals surface area contributed by atoms with Crippen molar-refractivity contribution >= 4 is 0 Å². The second kappa shape index (κ2) is 16.7. The summed E-state index contributed by atoms with van der Waals surface area (Å²) in [7, 11) is 0. The van der Waals surface area contributed by atoms with E-state index in [1.165, 1.54) is 38.5 Å². The summed E-state index contributed by atoms with van der Waals surface area (Å²) < 4.78 is 22.2. The van der Waals surface area contributed by atoms with Gasteiger partial charge < -0.3 is 39.4 Å². The van der Waals surface area contributed by atoms with E-state index in [0.29, 0.717) is 13.2 Å². The molecule has 0 aromatic carbocycles. The first kappa shape index (κ1) is 27.4. The first-order chi connectivity index (χ1) is 15.6. The van der Waals surface area contributed by atoms with E-state index in [0.717, 1.165) is 25.7 Å². The van der Waals surface area contributed by atoms with Gasteiger partial charge in [0, 0.05) is 0 Å². The number of hydrogen-bond donors (Lipinski definition) is 4. The molecule has 32 heavy (non-hydrogen) atoms. The molecular weight excluding hydrogens is 416 g/mol. The van der Waals surface area contributed by atoms with Gasteiger partial charge in [0.2, 0.25) is 0 Å². The van der Waals surface area contributed by atoms with Crippen LogP contribution in [0.15, 0.2) is 24.3 Å². The van der Waals surface area contributed by atoms with Crippen LogP contribution in [-0.2, 0) is 18.9 Å². The molecule has 8 heteroatoms. The molecule has 0 aromatic rings. The molecule has 0 unspecified atom stereocenters. The Balaban J connectivity index is 1.32. The Labute approximate surface area is 191 Å². The summed E-state index contributed by atoms with van der Waals surface area (Å²) in [5.74, 6) is 0. The van der Waals surface area contributed by atoms with Gasteiger partial charge in [-0.1, -0.05) is 63.5 Å². The van der Waals surface area contributed by atoms with Gasteiger partial charge in [0.25, 0.3) is 0 Å². The van der Waals surface area contributed by atoms with Crippen molar-refractivity contribution in [3.05, 3.63) is 24.3 Å². The van der Waals surface area contributed by atoms with E-state index in [-0.39, 0.29) is 13.2 Å². The molecule has 186 valence electrons. The zero-order chi connectivity index (χ0) is 23.0. The van der Waals surface area contributed by atoms with Crippen molar-refractivity contribution in [1.82, 2.24) is 0 Å². The fourth-order valence-electron chi connectivity index (χ4n) is 3.76. The number of aliphatic hydroxyl groups is 4. The van der Waals surface area contributed by atoms with Gasteiger partial charge in [-0.05, 0) is 25.0 Å². The van der Waals surface area contributed by atoms with Gasteiger partial charge in [0.05, 0.1) is 26.4 Å². The molecule has 0 amide bonds. The van der Waals surface area contributed by atoms with E-state index in [1.807, 2.05) is 0 Å². The zero-order valence-corrected chi connectivity index (χ0v) is 19.1. The highest BCUT2D eigenvalue weighted by Crippen LogP contribution is 2.16. The van der Waals surface area contributed by atoms with Crippen molar-refractivity contribution < 1.29 is 39.4 Å². The standard InChI is InChI=1S/C24H42O8/c25-17-21-19(27)11-13-23(31-21)29-15-9-7-5-3-1-2-4-6-8-10-16-30-24-14-12-20(28)22(18-26)32-24/h11-14,19-28H,1-10,15-18H2/t19-,20-,21-,22-,23+,24+/m1/s1. The Kier molecular flexibility index (Phi) is 14.3. The average molecular weight is 459 g/mol. The van der Waals surface area contributed by atoms with Crippen molar-refractivity contribution in [3.8, 4) is 0 Å². The lowest BCUT2D eigenvalue weighted by atomic mass is 10.1. The van der Waals surface area contributed by atoms with Gasteiger partial charge >= 0.3 is 0 Å². The van der Waals surface area contributed by atoms with Crippen molar-refractivity contribution in [2.24, 2.45) is 0 Å². The average Bonchev–Trinajstić information content (AvgIpc) is 2.81. The monoisotopic (exact) mass is 458 g/mol. The molecule has 0 saturated carbocycles. The maximum absolute atomic E-state index is 9.59. The molecule has 0 fully saturated rings. The van der Waals surface area contributed by atoms with Gasteiger partial charge in [-0.3, -0.25) is 0 Å². The Bertz CT molecular complexity index is 480. The van der Waals surface area contributed by atoms with Crippen LogP contribution < -0.4 is 0 Å². The number of aliphatic hydroxyl groups excluding tert-OH is 4.